The lowest BCUT2D eigenvalue weighted by Gasteiger charge is -2.08. The smallest absolute Gasteiger partial charge is 0.346 e. The Labute approximate surface area is 109 Å². The van der Waals surface area contributed by atoms with Crippen LogP contribution in [0.25, 0.3) is 0 Å². The number of thioether (sulfide) groups is 1. The van der Waals surface area contributed by atoms with Crippen molar-refractivity contribution in [3.63, 3.8) is 0 Å². The highest BCUT2D eigenvalue weighted by Crippen LogP contribution is 2.20. The molecule has 0 aliphatic heterocycles. The number of aromatic nitrogens is 2. The van der Waals surface area contributed by atoms with Crippen molar-refractivity contribution in [3.8, 4) is 0 Å². The number of H-pyrrole nitrogens is 1. The van der Waals surface area contributed by atoms with Gasteiger partial charge in [0.1, 0.15) is 10.6 Å². The van der Waals surface area contributed by atoms with Crippen LogP contribution in [0.15, 0.2) is 9.82 Å². The first-order valence-corrected chi connectivity index (χ1v) is 6.49. The van der Waals surface area contributed by atoms with Gasteiger partial charge in [0.15, 0.2) is 0 Å². The normalized spacial score (nSPS) is 10.9. The van der Waals surface area contributed by atoms with Crippen molar-refractivity contribution in [1.29, 1.82) is 0 Å². The number of ether oxygens (including phenoxy) is 1. The highest BCUT2D eigenvalue weighted by molar-refractivity contribution is 7.99. The number of aromatic amines is 1. The van der Waals surface area contributed by atoms with E-state index in [1.54, 1.807) is 6.92 Å². The number of hydrogen-bond donors (Lipinski definition) is 2. The molecule has 0 spiro atoms. The second-order valence-electron chi connectivity index (χ2n) is 3.92. The lowest BCUT2D eigenvalue weighted by atomic mass is 10.2. The largest absolute Gasteiger partial charge is 0.478 e. The molecule has 1 aromatic rings. The lowest BCUT2D eigenvalue weighted by molar-refractivity contribution is 0.0690. The Hall–Kier alpha value is -1.34. The molecule has 0 saturated heterocycles. The summed E-state index contributed by atoms with van der Waals surface area (Å²) in [5.74, 6) is -0.544. The van der Waals surface area contributed by atoms with Crippen LogP contribution in [0.5, 0.6) is 0 Å². The number of rotatable bonds is 6. The van der Waals surface area contributed by atoms with E-state index in [0.717, 1.165) is 0 Å². The van der Waals surface area contributed by atoms with Crippen LogP contribution in [0.1, 0.15) is 29.9 Å². The molecule has 1 rings (SSSR count). The summed E-state index contributed by atoms with van der Waals surface area (Å²) in [6, 6.07) is 0. The van der Waals surface area contributed by atoms with Crippen molar-refractivity contribution < 1.29 is 14.6 Å². The number of nitrogens with zero attached hydrogens (tertiary/aromatic N) is 1. The first kappa shape index (κ1) is 14.7. The van der Waals surface area contributed by atoms with Gasteiger partial charge < -0.3 is 14.8 Å². The summed E-state index contributed by atoms with van der Waals surface area (Å²) in [4.78, 5) is 28.4. The summed E-state index contributed by atoms with van der Waals surface area (Å²) in [5.41, 5.74) is -0.177. The summed E-state index contributed by atoms with van der Waals surface area (Å²) in [6.45, 7) is 5.86. The van der Waals surface area contributed by atoms with Crippen LogP contribution in [-0.4, -0.2) is 39.5 Å². The van der Waals surface area contributed by atoms with Gasteiger partial charge in [0.2, 0.25) is 0 Å². The molecule has 0 unspecified atom stereocenters. The molecule has 2 N–H and O–H groups in total. The molecular weight excluding hydrogens is 256 g/mol. The highest BCUT2D eigenvalue weighted by Gasteiger charge is 2.16. The molecule has 0 saturated carbocycles. The summed E-state index contributed by atoms with van der Waals surface area (Å²) in [6.07, 6.45) is 0.124. The van der Waals surface area contributed by atoms with Crippen LogP contribution in [0.3, 0.4) is 0 Å². The molecule has 0 amide bonds. The fraction of sp³-hybridized carbons (Fsp3) is 0.545. The maximum absolute atomic E-state index is 11.2. The van der Waals surface area contributed by atoms with Crippen LogP contribution in [0.2, 0.25) is 0 Å². The van der Waals surface area contributed by atoms with Crippen molar-refractivity contribution in [2.24, 2.45) is 0 Å². The molecule has 0 aliphatic carbocycles. The Morgan fingerprint density at radius 3 is 2.78 bits per heavy atom. The number of hydrogen-bond acceptors (Lipinski definition) is 5. The van der Waals surface area contributed by atoms with Crippen molar-refractivity contribution in [2.75, 3.05) is 12.4 Å². The zero-order valence-electron chi connectivity index (χ0n) is 10.5. The Kier molecular flexibility index (Phi) is 5.36. The Morgan fingerprint density at radius 2 is 2.22 bits per heavy atom. The molecular formula is C11H16N2O4S. The fourth-order valence-electron chi connectivity index (χ4n) is 1.34. The van der Waals surface area contributed by atoms with Crippen molar-refractivity contribution in [1.82, 2.24) is 9.97 Å². The maximum atomic E-state index is 11.2. The first-order valence-electron chi connectivity index (χ1n) is 5.50. The number of carbonyl (C=O) groups is 1. The van der Waals surface area contributed by atoms with Gasteiger partial charge in [-0.05, 0) is 20.8 Å². The minimum atomic E-state index is -1.09. The molecule has 0 bridgehead atoms. The third kappa shape index (κ3) is 4.15. The van der Waals surface area contributed by atoms with Crippen molar-refractivity contribution in [3.05, 3.63) is 21.7 Å². The lowest BCUT2D eigenvalue weighted by Crippen LogP contribution is -2.18. The van der Waals surface area contributed by atoms with E-state index < -0.39 is 11.7 Å². The molecule has 0 fully saturated rings. The number of nitrogens with one attached hydrogen (secondary N) is 1. The summed E-state index contributed by atoms with van der Waals surface area (Å²) in [7, 11) is 0. The van der Waals surface area contributed by atoms with E-state index >= 15 is 0 Å². The second-order valence-corrected chi connectivity index (χ2v) is 5.00. The predicted molar refractivity (Wildman–Crippen MR) is 68.4 cm³/mol. The predicted octanol–water partition coefficient (Wildman–Crippen LogP) is 1.29. The van der Waals surface area contributed by atoms with Gasteiger partial charge in [-0.15, -0.1) is 11.8 Å². The summed E-state index contributed by atoms with van der Waals surface area (Å²) >= 11 is 1.21. The third-order valence-electron chi connectivity index (χ3n) is 2.07. The minimum absolute atomic E-state index is 0.0455. The molecule has 7 heteroatoms. The van der Waals surface area contributed by atoms with E-state index in [9.17, 15) is 9.59 Å². The maximum Gasteiger partial charge on any atom is 0.346 e. The minimum Gasteiger partial charge on any atom is -0.478 e. The van der Waals surface area contributed by atoms with E-state index in [-0.39, 0.29) is 16.7 Å². The Morgan fingerprint density at radius 1 is 1.56 bits per heavy atom. The highest BCUT2D eigenvalue weighted by atomic mass is 32.2. The van der Waals surface area contributed by atoms with E-state index in [1.807, 2.05) is 13.8 Å². The topological polar surface area (TPSA) is 92.3 Å². The van der Waals surface area contributed by atoms with Gasteiger partial charge >= 0.3 is 11.7 Å². The Bertz CT molecular complexity index is 484. The van der Waals surface area contributed by atoms with E-state index in [1.165, 1.54) is 11.8 Å². The molecule has 0 atom stereocenters. The first-order chi connectivity index (χ1) is 8.41. The van der Waals surface area contributed by atoms with Gasteiger partial charge in [-0.3, -0.25) is 0 Å². The van der Waals surface area contributed by atoms with Crippen LogP contribution in [0.4, 0.5) is 0 Å². The van der Waals surface area contributed by atoms with Gasteiger partial charge in [-0.25, -0.2) is 9.59 Å². The summed E-state index contributed by atoms with van der Waals surface area (Å²) < 4.78 is 5.34. The van der Waals surface area contributed by atoms with Gasteiger partial charge in [0.05, 0.1) is 12.7 Å². The third-order valence-corrected chi connectivity index (χ3v) is 3.01. The standard InChI is InChI=1S/C11H16N2O4S/c1-6(2)17-4-5-18-9-8(10(14)15)7(3)12-11(16)13-9/h6H,4-5H2,1-3H3,(H,14,15)(H,12,13,16). The fourth-order valence-corrected chi connectivity index (χ4v) is 2.24. The van der Waals surface area contributed by atoms with Crippen LogP contribution >= 0.6 is 11.8 Å². The van der Waals surface area contributed by atoms with Crippen molar-refractivity contribution in [2.45, 2.75) is 31.9 Å². The molecule has 0 aromatic carbocycles. The van der Waals surface area contributed by atoms with E-state index in [0.29, 0.717) is 18.1 Å². The molecule has 1 aromatic heterocycles. The molecule has 18 heavy (non-hydrogen) atoms. The zero-order chi connectivity index (χ0) is 13.7. The van der Waals surface area contributed by atoms with Crippen LogP contribution < -0.4 is 5.69 Å². The molecule has 6 nitrogen and oxygen atoms in total. The average molecular weight is 272 g/mol. The summed E-state index contributed by atoms with van der Waals surface area (Å²) in [5, 5.41) is 9.31. The van der Waals surface area contributed by atoms with Gasteiger partial charge in [-0.2, -0.15) is 4.98 Å². The number of aryl methyl sites for hydroxylation is 1. The van der Waals surface area contributed by atoms with Crippen molar-refractivity contribution >= 4 is 17.7 Å². The number of carboxylic acids is 1. The molecule has 0 radical (unpaired) electrons. The molecule has 0 aliphatic rings. The van der Waals surface area contributed by atoms with Gasteiger partial charge in [-0.1, -0.05) is 0 Å². The van der Waals surface area contributed by atoms with E-state index in [2.05, 4.69) is 9.97 Å². The number of aromatic carboxylic acids is 1. The van der Waals surface area contributed by atoms with E-state index in [4.69, 9.17) is 9.84 Å². The van der Waals surface area contributed by atoms with Crippen LogP contribution in [0, 0.1) is 6.92 Å². The molecule has 100 valence electrons. The average Bonchev–Trinajstić information content (AvgIpc) is 2.22. The Balaban J connectivity index is 2.81. The zero-order valence-corrected chi connectivity index (χ0v) is 11.3. The SMILES string of the molecule is Cc1[nH]c(=O)nc(SCCOC(C)C)c1C(=O)O. The monoisotopic (exact) mass is 272 g/mol. The number of carboxylic acid groups (broad SMARTS) is 1. The van der Waals surface area contributed by atoms with Gasteiger partial charge in [0, 0.05) is 11.4 Å². The van der Waals surface area contributed by atoms with Crippen LogP contribution in [-0.2, 0) is 4.74 Å². The van der Waals surface area contributed by atoms with Gasteiger partial charge in [0.25, 0.3) is 0 Å². The quantitative estimate of drug-likeness (QED) is 0.460. The second kappa shape index (κ2) is 6.55. The molecule has 1 heterocycles.